The van der Waals surface area contributed by atoms with Gasteiger partial charge in [-0.15, -0.1) is 0 Å². The van der Waals surface area contributed by atoms with Crippen molar-refractivity contribution in [3.05, 3.63) is 33.0 Å². The van der Waals surface area contributed by atoms with Crippen LogP contribution in [0.25, 0.3) is 0 Å². The molecule has 1 aromatic rings. The van der Waals surface area contributed by atoms with Crippen molar-refractivity contribution < 1.29 is 9.50 Å². The van der Waals surface area contributed by atoms with Crippen LogP contribution in [0.5, 0.6) is 0 Å². The second kappa shape index (κ2) is 4.21. The summed E-state index contributed by atoms with van der Waals surface area (Å²) in [5, 5.41) is 8.74. The second-order valence-corrected chi connectivity index (χ2v) is 3.53. The van der Waals surface area contributed by atoms with Gasteiger partial charge in [0.05, 0.1) is 5.02 Å². The van der Waals surface area contributed by atoms with Gasteiger partial charge in [0.15, 0.2) is 0 Å². The SMILES string of the molecule is OCCc1c(Br)ccc(F)c1Cl. The lowest BCUT2D eigenvalue weighted by Gasteiger charge is -2.05. The zero-order valence-corrected chi connectivity index (χ0v) is 8.49. The maximum Gasteiger partial charge on any atom is 0.142 e. The first-order valence-corrected chi connectivity index (χ1v) is 4.57. The highest BCUT2D eigenvalue weighted by Crippen LogP contribution is 2.27. The summed E-state index contributed by atoms with van der Waals surface area (Å²) in [6.45, 7) is -0.0399. The van der Waals surface area contributed by atoms with Crippen LogP contribution >= 0.6 is 27.5 Å². The van der Waals surface area contributed by atoms with Gasteiger partial charge in [-0.1, -0.05) is 27.5 Å². The zero-order valence-electron chi connectivity index (χ0n) is 6.15. The minimum absolute atomic E-state index is 0.0399. The van der Waals surface area contributed by atoms with Gasteiger partial charge in [0.25, 0.3) is 0 Å². The monoisotopic (exact) mass is 252 g/mol. The highest BCUT2D eigenvalue weighted by Gasteiger charge is 2.08. The van der Waals surface area contributed by atoms with Gasteiger partial charge in [-0.25, -0.2) is 4.39 Å². The quantitative estimate of drug-likeness (QED) is 0.804. The molecule has 1 rings (SSSR count). The lowest BCUT2D eigenvalue weighted by atomic mass is 10.1. The van der Waals surface area contributed by atoms with E-state index in [1.54, 1.807) is 6.07 Å². The molecular weight excluding hydrogens is 246 g/mol. The summed E-state index contributed by atoms with van der Waals surface area (Å²) in [6.07, 6.45) is 0.358. The van der Waals surface area contributed by atoms with Crippen LogP contribution in [0.1, 0.15) is 5.56 Å². The summed E-state index contributed by atoms with van der Waals surface area (Å²) in [5.41, 5.74) is 0.610. The van der Waals surface area contributed by atoms with E-state index in [-0.39, 0.29) is 11.6 Å². The van der Waals surface area contributed by atoms with Gasteiger partial charge in [0.2, 0.25) is 0 Å². The molecule has 0 fully saturated rings. The molecule has 0 aliphatic carbocycles. The Morgan fingerprint density at radius 2 is 2.17 bits per heavy atom. The zero-order chi connectivity index (χ0) is 9.14. The van der Waals surface area contributed by atoms with Gasteiger partial charge in [0.1, 0.15) is 5.82 Å². The summed E-state index contributed by atoms with van der Waals surface area (Å²) in [6, 6.07) is 2.86. The van der Waals surface area contributed by atoms with Crippen molar-refractivity contribution >= 4 is 27.5 Å². The number of halogens is 3. The third-order valence-electron chi connectivity index (χ3n) is 1.50. The molecule has 0 aromatic heterocycles. The van der Waals surface area contributed by atoms with Crippen molar-refractivity contribution in [1.29, 1.82) is 0 Å². The predicted molar refractivity (Wildman–Crippen MR) is 49.9 cm³/mol. The normalized spacial score (nSPS) is 10.3. The van der Waals surface area contributed by atoms with Gasteiger partial charge in [-0.2, -0.15) is 0 Å². The third-order valence-corrected chi connectivity index (χ3v) is 2.65. The Morgan fingerprint density at radius 3 is 2.75 bits per heavy atom. The number of hydrogen-bond acceptors (Lipinski definition) is 1. The van der Waals surface area contributed by atoms with E-state index < -0.39 is 5.82 Å². The summed E-state index contributed by atoms with van der Waals surface area (Å²) in [7, 11) is 0. The molecule has 0 radical (unpaired) electrons. The molecule has 0 unspecified atom stereocenters. The first kappa shape index (κ1) is 9.96. The first-order valence-electron chi connectivity index (χ1n) is 3.40. The summed E-state index contributed by atoms with van der Waals surface area (Å²) < 4.78 is 13.6. The number of hydrogen-bond donors (Lipinski definition) is 1. The van der Waals surface area contributed by atoms with Crippen LogP contribution in [0.4, 0.5) is 4.39 Å². The molecular formula is C8H7BrClFO. The molecule has 0 amide bonds. The van der Waals surface area contributed by atoms with Crippen molar-refractivity contribution in [1.82, 2.24) is 0 Å². The minimum atomic E-state index is -0.455. The van der Waals surface area contributed by atoms with E-state index in [1.807, 2.05) is 0 Å². The van der Waals surface area contributed by atoms with Crippen LogP contribution in [0.3, 0.4) is 0 Å². The van der Waals surface area contributed by atoms with Crippen LogP contribution in [0.2, 0.25) is 5.02 Å². The molecule has 0 saturated carbocycles. The maximum atomic E-state index is 12.8. The van der Waals surface area contributed by atoms with E-state index in [9.17, 15) is 4.39 Å². The average molecular weight is 253 g/mol. The Labute approximate surface area is 83.3 Å². The summed E-state index contributed by atoms with van der Waals surface area (Å²) >= 11 is 8.88. The number of aliphatic hydroxyl groups excluding tert-OH is 1. The fourth-order valence-corrected chi connectivity index (χ4v) is 1.81. The van der Waals surface area contributed by atoms with Gasteiger partial charge >= 0.3 is 0 Å². The number of benzene rings is 1. The van der Waals surface area contributed by atoms with E-state index >= 15 is 0 Å². The van der Waals surface area contributed by atoms with E-state index in [4.69, 9.17) is 16.7 Å². The van der Waals surface area contributed by atoms with Crippen molar-refractivity contribution in [3.63, 3.8) is 0 Å². The Morgan fingerprint density at radius 1 is 1.50 bits per heavy atom. The van der Waals surface area contributed by atoms with Crippen molar-refractivity contribution in [3.8, 4) is 0 Å². The van der Waals surface area contributed by atoms with Crippen LogP contribution in [0.15, 0.2) is 16.6 Å². The summed E-state index contributed by atoms with van der Waals surface area (Å²) in [5.74, 6) is -0.455. The fourth-order valence-electron chi connectivity index (χ4n) is 0.910. The summed E-state index contributed by atoms with van der Waals surface area (Å²) in [4.78, 5) is 0. The molecule has 1 nitrogen and oxygen atoms in total. The van der Waals surface area contributed by atoms with Crippen LogP contribution < -0.4 is 0 Å². The van der Waals surface area contributed by atoms with Crippen molar-refractivity contribution in [2.75, 3.05) is 6.61 Å². The first-order chi connectivity index (χ1) is 5.66. The molecule has 0 aliphatic rings. The molecule has 0 saturated heterocycles. The van der Waals surface area contributed by atoms with E-state index in [1.165, 1.54) is 6.07 Å². The lowest BCUT2D eigenvalue weighted by Crippen LogP contribution is -1.95. The molecule has 0 spiro atoms. The largest absolute Gasteiger partial charge is 0.396 e. The van der Waals surface area contributed by atoms with Crippen LogP contribution in [-0.2, 0) is 6.42 Å². The average Bonchev–Trinajstić information content (AvgIpc) is 2.06. The molecule has 1 aromatic carbocycles. The highest BCUT2D eigenvalue weighted by molar-refractivity contribution is 9.10. The lowest BCUT2D eigenvalue weighted by molar-refractivity contribution is 0.299. The number of aliphatic hydroxyl groups is 1. The molecule has 0 atom stereocenters. The predicted octanol–water partition coefficient (Wildman–Crippen LogP) is 2.78. The molecule has 1 N–H and O–H groups in total. The van der Waals surface area contributed by atoms with Gasteiger partial charge < -0.3 is 5.11 Å². The second-order valence-electron chi connectivity index (χ2n) is 2.30. The smallest absolute Gasteiger partial charge is 0.142 e. The highest BCUT2D eigenvalue weighted by atomic mass is 79.9. The van der Waals surface area contributed by atoms with Crippen LogP contribution in [-0.4, -0.2) is 11.7 Å². The molecule has 4 heteroatoms. The van der Waals surface area contributed by atoms with Gasteiger partial charge in [-0.05, 0) is 24.1 Å². The third kappa shape index (κ3) is 1.97. The molecule has 12 heavy (non-hydrogen) atoms. The Hall–Kier alpha value is -0.120. The standard InChI is InChI=1S/C8H7BrClFO/c9-6-1-2-7(11)8(10)5(6)3-4-12/h1-2,12H,3-4H2. The van der Waals surface area contributed by atoms with E-state index in [2.05, 4.69) is 15.9 Å². The Kier molecular flexibility index (Phi) is 3.50. The minimum Gasteiger partial charge on any atom is -0.396 e. The maximum absolute atomic E-state index is 12.8. The van der Waals surface area contributed by atoms with Gasteiger partial charge in [0, 0.05) is 11.1 Å². The van der Waals surface area contributed by atoms with Crippen molar-refractivity contribution in [2.45, 2.75) is 6.42 Å². The Balaban J connectivity index is 3.14. The molecule has 66 valence electrons. The van der Waals surface area contributed by atoms with Crippen LogP contribution in [0, 0.1) is 5.82 Å². The Bertz CT molecular complexity index is 291. The van der Waals surface area contributed by atoms with Crippen molar-refractivity contribution in [2.24, 2.45) is 0 Å². The topological polar surface area (TPSA) is 20.2 Å². The molecule has 0 bridgehead atoms. The number of rotatable bonds is 2. The molecule has 0 heterocycles. The fraction of sp³-hybridized carbons (Fsp3) is 0.250. The van der Waals surface area contributed by atoms with E-state index in [0.717, 1.165) is 4.47 Å². The molecule has 0 aliphatic heterocycles. The van der Waals surface area contributed by atoms with E-state index in [0.29, 0.717) is 12.0 Å². The van der Waals surface area contributed by atoms with Gasteiger partial charge in [-0.3, -0.25) is 0 Å².